The molecule has 0 aromatic carbocycles. The van der Waals surface area contributed by atoms with E-state index >= 15 is 0 Å². The molecule has 0 bridgehead atoms. The number of nitrogens with two attached hydrogens (primary N) is 1. The SMILES string of the molecule is CSc1nc(NN)cc(NCCOCC2CC2)n1. The van der Waals surface area contributed by atoms with Gasteiger partial charge in [0.05, 0.1) is 6.61 Å². The van der Waals surface area contributed by atoms with Crippen LogP contribution in [-0.4, -0.2) is 36.0 Å². The van der Waals surface area contributed by atoms with E-state index < -0.39 is 0 Å². The van der Waals surface area contributed by atoms with Crippen molar-refractivity contribution in [1.82, 2.24) is 9.97 Å². The van der Waals surface area contributed by atoms with Crippen molar-refractivity contribution in [2.75, 3.05) is 36.8 Å². The van der Waals surface area contributed by atoms with Crippen LogP contribution in [0.15, 0.2) is 11.2 Å². The van der Waals surface area contributed by atoms with Gasteiger partial charge in [-0.25, -0.2) is 15.8 Å². The van der Waals surface area contributed by atoms with E-state index in [1.165, 1.54) is 24.6 Å². The Morgan fingerprint density at radius 1 is 1.44 bits per heavy atom. The molecule has 1 saturated carbocycles. The molecule has 1 aliphatic carbocycles. The van der Waals surface area contributed by atoms with Crippen LogP contribution in [0.1, 0.15) is 12.8 Å². The van der Waals surface area contributed by atoms with E-state index in [2.05, 4.69) is 20.7 Å². The summed E-state index contributed by atoms with van der Waals surface area (Å²) in [6.45, 7) is 2.32. The summed E-state index contributed by atoms with van der Waals surface area (Å²) < 4.78 is 5.54. The maximum Gasteiger partial charge on any atom is 0.191 e. The molecular weight excluding hydrogens is 250 g/mol. The van der Waals surface area contributed by atoms with Gasteiger partial charge >= 0.3 is 0 Å². The molecule has 1 aromatic rings. The molecule has 18 heavy (non-hydrogen) atoms. The molecule has 0 unspecified atom stereocenters. The standard InChI is InChI=1S/C11H19N5OS/c1-18-11-14-9(6-10(15-11)16-12)13-4-5-17-7-8-2-3-8/h6,8H,2-5,7,12H2,1H3,(H2,13,14,15,16). The molecule has 1 aromatic heterocycles. The number of aromatic nitrogens is 2. The Bertz CT molecular complexity index is 363. The van der Waals surface area contributed by atoms with Gasteiger partial charge in [0.1, 0.15) is 11.6 Å². The van der Waals surface area contributed by atoms with Crippen molar-refractivity contribution in [2.45, 2.75) is 18.0 Å². The zero-order valence-corrected chi connectivity index (χ0v) is 11.3. The summed E-state index contributed by atoms with van der Waals surface area (Å²) in [7, 11) is 0. The van der Waals surface area contributed by atoms with Gasteiger partial charge in [-0.1, -0.05) is 11.8 Å². The number of rotatable bonds is 8. The van der Waals surface area contributed by atoms with Crippen LogP contribution >= 0.6 is 11.8 Å². The minimum atomic E-state index is 0.607. The van der Waals surface area contributed by atoms with Gasteiger partial charge in [-0.3, -0.25) is 0 Å². The van der Waals surface area contributed by atoms with E-state index in [-0.39, 0.29) is 0 Å². The lowest BCUT2D eigenvalue weighted by Crippen LogP contribution is -2.14. The Balaban J connectivity index is 1.75. The smallest absolute Gasteiger partial charge is 0.191 e. The van der Waals surface area contributed by atoms with Gasteiger partial charge in [0.15, 0.2) is 5.16 Å². The van der Waals surface area contributed by atoms with Crippen molar-refractivity contribution in [3.63, 3.8) is 0 Å². The van der Waals surface area contributed by atoms with Crippen LogP contribution in [0.25, 0.3) is 0 Å². The van der Waals surface area contributed by atoms with Gasteiger partial charge < -0.3 is 15.5 Å². The van der Waals surface area contributed by atoms with E-state index in [0.717, 1.165) is 24.9 Å². The highest BCUT2D eigenvalue weighted by Gasteiger charge is 2.20. The topological polar surface area (TPSA) is 85.1 Å². The summed E-state index contributed by atoms with van der Waals surface area (Å²) in [5.41, 5.74) is 2.53. The van der Waals surface area contributed by atoms with Crippen molar-refractivity contribution in [3.05, 3.63) is 6.07 Å². The maximum atomic E-state index is 5.54. The first-order valence-corrected chi connectivity index (χ1v) is 7.25. The van der Waals surface area contributed by atoms with E-state index in [1.54, 1.807) is 6.07 Å². The first-order valence-electron chi connectivity index (χ1n) is 6.03. The Labute approximate surface area is 111 Å². The molecule has 0 spiro atoms. The van der Waals surface area contributed by atoms with Crippen LogP contribution in [0.4, 0.5) is 11.6 Å². The third kappa shape index (κ3) is 4.32. The van der Waals surface area contributed by atoms with Crippen LogP contribution in [0.3, 0.4) is 0 Å². The highest BCUT2D eigenvalue weighted by molar-refractivity contribution is 7.98. The molecule has 7 heteroatoms. The zero-order chi connectivity index (χ0) is 12.8. The number of hydrogen-bond acceptors (Lipinski definition) is 7. The summed E-state index contributed by atoms with van der Waals surface area (Å²) in [6, 6.07) is 1.78. The number of hydrazine groups is 1. The lowest BCUT2D eigenvalue weighted by molar-refractivity contribution is 0.134. The number of anilines is 2. The first-order chi connectivity index (χ1) is 8.81. The van der Waals surface area contributed by atoms with Gasteiger partial charge in [0.2, 0.25) is 0 Å². The normalized spacial score (nSPS) is 14.6. The van der Waals surface area contributed by atoms with E-state index in [9.17, 15) is 0 Å². The predicted molar refractivity (Wildman–Crippen MR) is 73.7 cm³/mol. The van der Waals surface area contributed by atoms with E-state index in [1.807, 2.05) is 6.26 Å². The molecule has 6 nitrogen and oxygen atoms in total. The molecule has 1 aliphatic rings. The van der Waals surface area contributed by atoms with Gasteiger partial charge in [0.25, 0.3) is 0 Å². The van der Waals surface area contributed by atoms with Crippen LogP contribution < -0.4 is 16.6 Å². The Hall–Kier alpha value is -1.05. The molecule has 1 heterocycles. The Morgan fingerprint density at radius 3 is 2.89 bits per heavy atom. The van der Waals surface area contributed by atoms with Gasteiger partial charge in [-0.2, -0.15) is 0 Å². The fourth-order valence-electron chi connectivity index (χ4n) is 1.47. The van der Waals surface area contributed by atoms with Crippen LogP contribution in [0, 0.1) is 5.92 Å². The Kier molecular flexibility index (Phi) is 5.03. The molecule has 100 valence electrons. The first kappa shape index (κ1) is 13.4. The van der Waals surface area contributed by atoms with Crippen molar-refractivity contribution < 1.29 is 4.74 Å². The predicted octanol–water partition coefficient (Wildman–Crippen LogP) is 1.32. The quantitative estimate of drug-likeness (QED) is 0.216. The number of thioether (sulfide) groups is 1. The largest absolute Gasteiger partial charge is 0.379 e. The lowest BCUT2D eigenvalue weighted by atomic mass is 10.5. The molecular formula is C11H19N5OS. The number of ether oxygens (including phenoxy) is 1. The summed E-state index contributed by atoms with van der Waals surface area (Å²) in [6.07, 6.45) is 4.57. The fraction of sp³-hybridized carbons (Fsp3) is 0.636. The zero-order valence-electron chi connectivity index (χ0n) is 10.5. The highest BCUT2D eigenvalue weighted by Crippen LogP contribution is 2.28. The molecule has 2 rings (SSSR count). The minimum Gasteiger partial charge on any atom is -0.379 e. The molecule has 4 N–H and O–H groups in total. The summed E-state index contributed by atoms with van der Waals surface area (Å²) in [5, 5.41) is 3.89. The summed E-state index contributed by atoms with van der Waals surface area (Å²) in [5.74, 6) is 7.53. The van der Waals surface area contributed by atoms with E-state index in [0.29, 0.717) is 17.6 Å². The van der Waals surface area contributed by atoms with Crippen molar-refractivity contribution in [2.24, 2.45) is 11.8 Å². The lowest BCUT2D eigenvalue weighted by Gasteiger charge is -2.09. The number of nitrogen functional groups attached to an aromatic ring is 1. The second-order valence-corrected chi connectivity index (χ2v) is 4.99. The minimum absolute atomic E-state index is 0.607. The van der Waals surface area contributed by atoms with Crippen LogP contribution in [-0.2, 0) is 4.74 Å². The number of nitrogens with zero attached hydrogens (tertiary/aromatic N) is 2. The molecule has 0 radical (unpaired) electrons. The third-order valence-corrected chi connectivity index (χ3v) is 3.19. The maximum absolute atomic E-state index is 5.54. The number of nitrogens with one attached hydrogen (secondary N) is 2. The van der Waals surface area contributed by atoms with Gasteiger partial charge in [-0.15, -0.1) is 0 Å². The monoisotopic (exact) mass is 269 g/mol. The summed E-state index contributed by atoms with van der Waals surface area (Å²) in [4.78, 5) is 8.53. The van der Waals surface area contributed by atoms with Crippen molar-refractivity contribution in [1.29, 1.82) is 0 Å². The van der Waals surface area contributed by atoms with Crippen LogP contribution in [0.2, 0.25) is 0 Å². The number of hydrogen-bond donors (Lipinski definition) is 3. The highest BCUT2D eigenvalue weighted by atomic mass is 32.2. The summed E-state index contributed by atoms with van der Waals surface area (Å²) >= 11 is 1.48. The molecule has 0 atom stereocenters. The second-order valence-electron chi connectivity index (χ2n) is 4.21. The van der Waals surface area contributed by atoms with E-state index in [4.69, 9.17) is 10.6 Å². The molecule has 1 fully saturated rings. The van der Waals surface area contributed by atoms with Gasteiger partial charge in [0, 0.05) is 19.2 Å². The second kappa shape index (κ2) is 6.77. The average molecular weight is 269 g/mol. The van der Waals surface area contributed by atoms with Gasteiger partial charge in [-0.05, 0) is 25.0 Å². The average Bonchev–Trinajstić information content (AvgIpc) is 3.22. The van der Waals surface area contributed by atoms with Crippen LogP contribution in [0.5, 0.6) is 0 Å². The van der Waals surface area contributed by atoms with Crippen molar-refractivity contribution in [3.8, 4) is 0 Å². The Morgan fingerprint density at radius 2 is 2.22 bits per heavy atom. The molecule has 0 amide bonds. The molecule has 0 aliphatic heterocycles. The molecule has 0 saturated heterocycles. The third-order valence-electron chi connectivity index (χ3n) is 2.64. The fourth-order valence-corrected chi connectivity index (χ4v) is 1.85. The van der Waals surface area contributed by atoms with Crippen molar-refractivity contribution >= 4 is 23.4 Å².